The summed E-state index contributed by atoms with van der Waals surface area (Å²) in [4.78, 5) is 17.3. The molecular weight excluding hydrogens is 514 g/mol. The van der Waals surface area contributed by atoms with Crippen molar-refractivity contribution in [2.24, 2.45) is 17.8 Å². The van der Waals surface area contributed by atoms with Crippen LogP contribution in [0.4, 0.5) is 0 Å². The number of rotatable bonds is 11. The number of carbonyl (C=O) groups is 1. The van der Waals surface area contributed by atoms with Crippen molar-refractivity contribution in [2.45, 2.75) is 76.0 Å². The van der Waals surface area contributed by atoms with Crippen molar-refractivity contribution in [2.75, 3.05) is 12.0 Å². The fourth-order valence-corrected chi connectivity index (χ4v) is 7.78. The van der Waals surface area contributed by atoms with Crippen molar-refractivity contribution < 1.29 is 29.6 Å². The van der Waals surface area contributed by atoms with E-state index in [2.05, 4.69) is 28.9 Å². The molecule has 0 spiro atoms. The van der Waals surface area contributed by atoms with Gasteiger partial charge in [0.15, 0.2) is 9.84 Å². The second kappa shape index (κ2) is 12.2. The standard InChI is InChI=1S/C26H39N3O6S2.2H2/c1-5-21(23(30)15-20-12-11-17(2)14-18(20)3)28-26(31)22(29-36(4,32)33)16-37(34,35)24-10-6-8-19-9-7-13-27-25(19)24;;/h6-10,13,17-18,20-23,29-30H,5,11-12,14-16H2,1-4H3,(H,28,31);2*1H/t17?,18?,20?,21-,22+,23+;;/m0../s1. The van der Waals surface area contributed by atoms with Gasteiger partial charge in [-0.25, -0.2) is 21.6 Å². The Morgan fingerprint density at radius 2 is 1.86 bits per heavy atom. The summed E-state index contributed by atoms with van der Waals surface area (Å²) >= 11 is 0. The number of nitrogens with one attached hydrogen (secondary N) is 2. The fraction of sp³-hybridized carbons (Fsp3) is 0.615. The number of hydrogen-bond acceptors (Lipinski definition) is 7. The molecule has 1 aliphatic rings. The Labute approximate surface area is 223 Å². The molecule has 1 amide bonds. The van der Waals surface area contributed by atoms with Crippen LogP contribution in [0.15, 0.2) is 41.4 Å². The molecule has 0 aliphatic heterocycles. The van der Waals surface area contributed by atoms with Crippen LogP contribution in [-0.2, 0) is 24.7 Å². The van der Waals surface area contributed by atoms with E-state index in [-0.39, 0.29) is 13.3 Å². The molecule has 3 unspecified atom stereocenters. The van der Waals surface area contributed by atoms with Gasteiger partial charge in [-0.3, -0.25) is 9.78 Å². The highest BCUT2D eigenvalue weighted by molar-refractivity contribution is 7.92. The summed E-state index contributed by atoms with van der Waals surface area (Å²) in [6.07, 6.45) is 5.67. The zero-order valence-corrected chi connectivity index (χ0v) is 23.6. The van der Waals surface area contributed by atoms with Gasteiger partial charge in [-0.1, -0.05) is 45.4 Å². The van der Waals surface area contributed by atoms with E-state index in [1.54, 1.807) is 24.3 Å². The molecule has 1 saturated carbocycles. The lowest BCUT2D eigenvalue weighted by molar-refractivity contribution is -0.124. The minimum Gasteiger partial charge on any atom is -0.391 e. The number of hydrogen-bond donors (Lipinski definition) is 3. The number of aliphatic hydroxyl groups excluding tert-OH is 1. The van der Waals surface area contributed by atoms with Crippen molar-refractivity contribution in [3.63, 3.8) is 0 Å². The number of sulfone groups is 1. The van der Waals surface area contributed by atoms with Crippen LogP contribution in [0.3, 0.4) is 0 Å². The van der Waals surface area contributed by atoms with E-state index in [0.717, 1.165) is 25.5 Å². The van der Waals surface area contributed by atoms with E-state index in [1.165, 1.54) is 12.3 Å². The molecule has 1 fully saturated rings. The molecule has 1 aliphatic carbocycles. The van der Waals surface area contributed by atoms with Gasteiger partial charge in [0.1, 0.15) is 6.04 Å². The number of amides is 1. The lowest BCUT2D eigenvalue weighted by Crippen LogP contribution is -2.54. The number of pyridine rings is 1. The minimum atomic E-state index is -4.11. The third kappa shape index (κ3) is 7.95. The predicted molar refractivity (Wildman–Crippen MR) is 148 cm³/mol. The Balaban J connectivity index is 0.00000380. The van der Waals surface area contributed by atoms with Crippen LogP contribution in [0.25, 0.3) is 10.9 Å². The highest BCUT2D eigenvalue weighted by Gasteiger charge is 2.34. The van der Waals surface area contributed by atoms with Crippen LogP contribution in [0.2, 0.25) is 0 Å². The predicted octanol–water partition coefficient (Wildman–Crippen LogP) is 3.14. The number of fused-ring (bicyclic) bond motifs is 1. The second-order valence-corrected chi connectivity index (χ2v) is 14.3. The first-order valence-corrected chi connectivity index (χ1v) is 16.4. The molecule has 3 N–H and O–H groups in total. The summed E-state index contributed by atoms with van der Waals surface area (Å²) in [5.74, 6) is -0.122. The number of aliphatic hydroxyl groups is 1. The Bertz CT molecular complexity index is 1300. The largest absolute Gasteiger partial charge is 0.391 e. The van der Waals surface area contributed by atoms with Gasteiger partial charge in [0, 0.05) is 14.4 Å². The quantitative estimate of drug-likeness (QED) is 0.385. The summed E-state index contributed by atoms with van der Waals surface area (Å²) in [5.41, 5.74) is 0.251. The molecule has 37 heavy (non-hydrogen) atoms. The van der Waals surface area contributed by atoms with Gasteiger partial charge in [0.05, 0.1) is 34.6 Å². The fourth-order valence-electron chi connectivity index (χ4n) is 5.36. The molecule has 1 aromatic carbocycles. The van der Waals surface area contributed by atoms with Gasteiger partial charge in [0.2, 0.25) is 15.9 Å². The van der Waals surface area contributed by atoms with Crippen molar-refractivity contribution in [1.82, 2.24) is 15.0 Å². The molecule has 11 heteroatoms. The topological polar surface area (TPSA) is 143 Å². The molecule has 3 rings (SSSR count). The number of aromatic nitrogens is 1. The first-order chi connectivity index (χ1) is 17.3. The van der Waals surface area contributed by atoms with Crippen LogP contribution >= 0.6 is 0 Å². The first kappa shape index (κ1) is 29.5. The van der Waals surface area contributed by atoms with E-state index < -0.39 is 49.7 Å². The highest BCUT2D eigenvalue weighted by atomic mass is 32.2. The van der Waals surface area contributed by atoms with Crippen LogP contribution in [0.5, 0.6) is 0 Å². The molecule has 9 nitrogen and oxygen atoms in total. The summed E-state index contributed by atoms with van der Waals surface area (Å²) in [6, 6.07) is 5.89. The van der Waals surface area contributed by atoms with Crippen molar-refractivity contribution in [3.8, 4) is 0 Å². The van der Waals surface area contributed by atoms with Crippen molar-refractivity contribution in [1.29, 1.82) is 0 Å². The number of carbonyl (C=O) groups excluding carboxylic acids is 1. The number of para-hydroxylation sites is 1. The van der Waals surface area contributed by atoms with Crippen molar-refractivity contribution >= 4 is 36.7 Å². The smallest absolute Gasteiger partial charge is 0.239 e. The maximum Gasteiger partial charge on any atom is 0.239 e. The molecule has 0 saturated heterocycles. The lowest BCUT2D eigenvalue weighted by Gasteiger charge is -2.35. The SMILES string of the molecule is CC[C@H](NC(=O)[C@@H](CS(=O)(=O)c1cccc2cccnc12)NS(C)(=O)=O)[C@H](O)CC1CCC(C)CC1C.[HH].[HH]. The minimum absolute atomic E-state index is 0. The van der Waals surface area contributed by atoms with Gasteiger partial charge in [-0.2, -0.15) is 0 Å². The monoisotopic (exact) mass is 557 g/mol. The Hall–Kier alpha value is -2.08. The normalized spacial score (nSPS) is 23.3. The molecule has 210 valence electrons. The summed E-state index contributed by atoms with van der Waals surface area (Å²) < 4.78 is 53.0. The third-order valence-corrected chi connectivity index (χ3v) is 9.86. The maximum atomic E-state index is 13.4. The zero-order chi connectivity index (χ0) is 27.4. The number of benzene rings is 1. The van der Waals surface area contributed by atoms with E-state index in [9.17, 15) is 26.7 Å². The van der Waals surface area contributed by atoms with Gasteiger partial charge in [-0.15, -0.1) is 0 Å². The van der Waals surface area contributed by atoms with Gasteiger partial charge >= 0.3 is 0 Å². The third-order valence-electron chi connectivity index (χ3n) is 7.37. The first-order valence-electron chi connectivity index (χ1n) is 12.8. The summed E-state index contributed by atoms with van der Waals surface area (Å²) in [5, 5.41) is 14.3. The van der Waals surface area contributed by atoms with Crippen molar-refractivity contribution in [3.05, 3.63) is 36.5 Å². The number of sulfonamides is 1. The van der Waals surface area contributed by atoms with E-state index in [1.807, 2.05) is 6.92 Å². The Morgan fingerprint density at radius 1 is 1.16 bits per heavy atom. The van der Waals surface area contributed by atoms with Gasteiger partial charge < -0.3 is 10.4 Å². The molecule has 0 radical (unpaired) electrons. The number of nitrogens with zero attached hydrogens (tertiary/aromatic N) is 1. The molecule has 1 aromatic heterocycles. The average molecular weight is 558 g/mol. The van der Waals surface area contributed by atoms with E-state index in [4.69, 9.17) is 0 Å². The maximum absolute atomic E-state index is 13.4. The van der Waals surface area contributed by atoms with E-state index >= 15 is 0 Å². The molecule has 0 bridgehead atoms. The lowest BCUT2D eigenvalue weighted by atomic mass is 9.73. The van der Waals surface area contributed by atoms with Crippen LogP contribution < -0.4 is 10.0 Å². The molecule has 1 heterocycles. The Kier molecular flexibility index (Phi) is 9.71. The second-order valence-electron chi connectivity index (χ2n) is 10.5. The van der Waals surface area contributed by atoms with Crippen LogP contribution in [0.1, 0.15) is 55.7 Å². The molecule has 2 aromatic rings. The average Bonchev–Trinajstić information content (AvgIpc) is 2.82. The molecule has 6 atom stereocenters. The van der Waals surface area contributed by atoms with E-state index in [0.29, 0.717) is 36.0 Å². The summed E-state index contributed by atoms with van der Waals surface area (Å²) in [6.45, 7) is 6.24. The molecular formula is C26H43N3O6S2. The van der Waals surface area contributed by atoms with Crippen LogP contribution in [-0.4, -0.2) is 63.0 Å². The van der Waals surface area contributed by atoms with Gasteiger partial charge in [-0.05, 0) is 55.6 Å². The highest BCUT2D eigenvalue weighted by Crippen LogP contribution is 2.36. The van der Waals surface area contributed by atoms with Crippen LogP contribution in [0, 0.1) is 17.8 Å². The Morgan fingerprint density at radius 3 is 2.51 bits per heavy atom. The van der Waals surface area contributed by atoms with Gasteiger partial charge in [0.25, 0.3) is 0 Å². The zero-order valence-electron chi connectivity index (χ0n) is 21.9. The summed E-state index contributed by atoms with van der Waals surface area (Å²) in [7, 11) is -8.03.